The molecule has 0 aliphatic heterocycles. The van der Waals surface area contributed by atoms with Crippen LogP contribution in [0.5, 0.6) is 0 Å². The highest BCUT2D eigenvalue weighted by molar-refractivity contribution is 5.85. The van der Waals surface area contributed by atoms with Crippen LogP contribution in [0.3, 0.4) is 0 Å². The normalized spacial score (nSPS) is 10.8. The second-order valence-corrected chi connectivity index (χ2v) is 3.01. The minimum atomic E-state index is -0.344. The molecule has 0 saturated heterocycles. The Balaban J connectivity index is 3.05. The Labute approximate surface area is 74.8 Å². The maximum Gasteiger partial charge on any atom is 0.241 e. The summed E-state index contributed by atoms with van der Waals surface area (Å²) in [5.41, 5.74) is 4.93. The number of hydrogen-bond donors (Lipinski definition) is 1. The van der Waals surface area contributed by atoms with Gasteiger partial charge in [-0.2, -0.15) is 0 Å². The van der Waals surface area contributed by atoms with Crippen molar-refractivity contribution in [2.24, 2.45) is 5.73 Å². The standard InChI is InChI=1S/C10H19NO/c1-2-3-4-5-6-7-8-9-10(11)12/h8-9H,2-7H2,1H3,(H2,11,12)/b9-8+. The molecule has 70 valence electrons. The van der Waals surface area contributed by atoms with E-state index >= 15 is 0 Å². The Morgan fingerprint density at radius 3 is 2.50 bits per heavy atom. The first-order chi connectivity index (χ1) is 5.77. The van der Waals surface area contributed by atoms with Crippen molar-refractivity contribution in [2.45, 2.75) is 45.4 Å². The molecule has 2 nitrogen and oxygen atoms in total. The van der Waals surface area contributed by atoms with E-state index < -0.39 is 0 Å². The fraction of sp³-hybridized carbons (Fsp3) is 0.700. The topological polar surface area (TPSA) is 43.1 Å². The number of carbonyl (C=O) groups is 1. The van der Waals surface area contributed by atoms with E-state index in [9.17, 15) is 4.79 Å². The van der Waals surface area contributed by atoms with Gasteiger partial charge in [0.2, 0.25) is 5.91 Å². The lowest BCUT2D eigenvalue weighted by Gasteiger charge is -1.95. The molecule has 0 heterocycles. The summed E-state index contributed by atoms with van der Waals surface area (Å²) >= 11 is 0. The van der Waals surface area contributed by atoms with Gasteiger partial charge in [-0.05, 0) is 18.9 Å². The minimum absolute atomic E-state index is 0.344. The van der Waals surface area contributed by atoms with Crippen LogP contribution in [-0.2, 0) is 4.79 Å². The van der Waals surface area contributed by atoms with Crippen LogP contribution in [0.4, 0.5) is 0 Å². The van der Waals surface area contributed by atoms with Gasteiger partial charge in [-0.25, -0.2) is 0 Å². The highest BCUT2D eigenvalue weighted by Gasteiger charge is 1.87. The molecule has 0 aromatic carbocycles. The molecule has 0 spiro atoms. The number of primary amides is 1. The van der Waals surface area contributed by atoms with E-state index in [4.69, 9.17) is 5.73 Å². The van der Waals surface area contributed by atoms with Crippen LogP contribution in [-0.4, -0.2) is 5.91 Å². The summed E-state index contributed by atoms with van der Waals surface area (Å²) in [6, 6.07) is 0. The number of rotatable bonds is 7. The summed E-state index contributed by atoms with van der Waals surface area (Å²) in [4.78, 5) is 10.3. The molecular weight excluding hydrogens is 150 g/mol. The molecule has 12 heavy (non-hydrogen) atoms. The monoisotopic (exact) mass is 169 g/mol. The fourth-order valence-electron chi connectivity index (χ4n) is 1.07. The lowest BCUT2D eigenvalue weighted by molar-refractivity contribution is -0.113. The number of nitrogens with two attached hydrogens (primary N) is 1. The van der Waals surface area contributed by atoms with Crippen LogP contribution < -0.4 is 5.73 Å². The predicted molar refractivity (Wildman–Crippen MR) is 51.7 cm³/mol. The molecular formula is C10H19NO. The number of amides is 1. The Morgan fingerprint density at radius 2 is 1.92 bits per heavy atom. The molecule has 0 radical (unpaired) electrons. The third-order valence-corrected chi connectivity index (χ3v) is 1.76. The predicted octanol–water partition coefficient (Wildman–Crippen LogP) is 2.39. The molecule has 2 heteroatoms. The van der Waals surface area contributed by atoms with Crippen LogP contribution in [0, 0.1) is 0 Å². The van der Waals surface area contributed by atoms with E-state index in [0.717, 1.165) is 6.42 Å². The highest BCUT2D eigenvalue weighted by atomic mass is 16.1. The molecule has 0 saturated carbocycles. The van der Waals surface area contributed by atoms with Crippen LogP contribution in [0.15, 0.2) is 12.2 Å². The quantitative estimate of drug-likeness (QED) is 0.461. The summed E-state index contributed by atoms with van der Waals surface area (Å²) in [5, 5.41) is 0. The third kappa shape index (κ3) is 9.21. The summed E-state index contributed by atoms with van der Waals surface area (Å²) < 4.78 is 0. The highest BCUT2D eigenvalue weighted by Crippen LogP contribution is 2.04. The molecule has 0 fully saturated rings. The van der Waals surface area contributed by atoms with Crippen molar-refractivity contribution in [1.29, 1.82) is 0 Å². The molecule has 0 rings (SSSR count). The molecule has 1 amide bonds. The maximum absolute atomic E-state index is 10.3. The summed E-state index contributed by atoms with van der Waals surface area (Å²) in [6.45, 7) is 2.20. The average molecular weight is 169 g/mol. The first-order valence-electron chi connectivity index (χ1n) is 4.73. The van der Waals surface area contributed by atoms with E-state index in [1.807, 2.05) is 6.08 Å². The Morgan fingerprint density at radius 1 is 1.25 bits per heavy atom. The Kier molecular flexibility index (Phi) is 7.76. The van der Waals surface area contributed by atoms with Crippen molar-refractivity contribution in [3.8, 4) is 0 Å². The van der Waals surface area contributed by atoms with Gasteiger partial charge >= 0.3 is 0 Å². The summed E-state index contributed by atoms with van der Waals surface area (Å²) in [6.07, 6.45) is 10.6. The summed E-state index contributed by atoms with van der Waals surface area (Å²) in [7, 11) is 0. The van der Waals surface area contributed by atoms with Crippen LogP contribution in [0.25, 0.3) is 0 Å². The molecule has 2 N–H and O–H groups in total. The Bertz CT molecular complexity index is 141. The second-order valence-electron chi connectivity index (χ2n) is 3.01. The van der Waals surface area contributed by atoms with Gasteiger partial charge < -0.3 is 5.73 Å². The fourth-order valence-corrected chi connectivity index (χ4v) is 1.07. The van der Waals surface area contributed by atoms with Gasteiger partial charge in [-0.1, -0.05) is 38.7 Å². The molecule has 0 aliphatic carbocycles. The van der Waals surface area contributed by atoms with Crippen molar-refractivity contribution < 1.29 is 4.79 Å². The van der Waals surface area contributed by atoms with E-state index in [1.54, 1.807) is 0 Å². The van der Waals surface area contributed by atoms with E-state index in [2.05, 4.69) is 6.92 Å². The third-order valence-electron chi connectivity index (χ3n) is 1.76. The zero-order valence-corrected chi connectivity index (χ0v) is 7.88. The maximum atomic E-state index is 10.3. The average Bonchev–Trinajstić information content (AvgIpc) is 2.02. The zero-order chi connectivity index (χ0) is 9.23. The van der Waals surface area contributed by atoms with Gasteiger partial charge in [0.15, 0.2) is 0 Å². The molecule has 0 aromatic rings. The number of hydrogen-bond acceptors (Lipinski definition) is 1. The molecule has 0 bridgehead atoms. The Hall–Kier alpha value is -0.790. The summed E-state index contributed by atoms with van der Waals surface area (Å²) in [5.74, 6) is -0.344. The first kappa shape index (κ1) is 11.2. The largest absolute Gasteiger partial charge is 0.366 e. The van der Waals surface area contributed by atoms with Gasteiger partial charge in [-0.15, -0.1) is 0 Å². The van der Waals surface area contributed by atoms with E-state index in [0.29, 0.717) is 0 Å². The van der Waals surface area contributed by atoms with Gasteiger partial charge in [0, 0.05) is 0 Å². The van der Waals surface area contributed by atoms with Crippen molar-refractivity contribution in [3.05, 3.63) is 12.2 Å². The van der Waals surface area contributed by atoms with Crippen LogP contribution in [0.1, 0.15) is 45.4 Å². The van der Waals surface area contributed by atoms with Gasteiger partial charge in [0.1, 0.15) is 0 Å². The number of allylic oxidation sites excluding steroid dienone is 1. The lowest BCUT2D eigenvalue weighted by Crippen LogP contribution is -2.05. The SMILES string of the molecule is CCCCCCC/C=C/C(N)=O. The van der Waals surface area contributed by atoms with E-state index in [1.165, 1.54) is 38.2 Å². The van der Waals surface area contributed by atoms with Crippen LogP contribution >= 0.6 is 0 Å². The smallest absolute Gasteiger partial charge is 0.241 e. The van der Waals surface area contributed by atoms with Gasteiger partial charge in [-0.3, -0.25) is 4.79 Å². The minimum Gasteiger partial charge on any atom is -0.366 e. The second kappa shape index (κ2) is 8.31. The van der Waals surface area contributed by atoms with E-state index in [-0.39, 0.29) is 5.91 Å². The van der Waals surface area contributed by atoms with Crippen molar-refractivity contribution >= 4 is 5.91 Å². The molecule has 0 atom stereocenters. The van der Waals surface area contributed by atoms with Gasteiger partial charge in [0.25, 0.3) is 0 Å². The van der Waals surface area contributed by atoms with Crippen molar-refractivity contribution in [3.63, 3.8) is 0 Å². The molecule has 0 aromatic heterocycles. The molecule has 0 unspecified atom stereocenters. The van der Waals surface area contributed by atoms with Crippen molar-refractivity contribution in [2.75, 3.05) is 0 Å². The number of carbonyl (C=O) groups excluding carboxylic acids is 1. The molecule has 0 aliphatic rings. The lowest BCUT2D eigenvalue weighted by atomic mass is 10.1. The van der Waals surface area contributed by atoms with Crippen molar-refractivity contribution in [1.82, 2.24) is 0 Å². The van der Waals surface area contributed by atoms with Gasteiger partial charge in [0.05, 0.1) is 0 Å². The van der Waals surface area contributed by atoms with Crippen LogP contribution in [0.2, 0.25) is 0 Å². The zero-order valence-electron chi connectivity index (χ0n) is 7.88. The first-order valence-corrected chi connectivity index (χ1v) is 4.73. The number of unbranched alkanes of at least 4 members (excludes halogenated alkanes) is 5.